The van der Waals surface area contributed by atoms with Crippen molar-refractivity contribution in [2.45, 2.75) is 20.4 Å². The van der Waals surface area contributed by atoms with Gasteiger partial charge in [0.15, 0.2) is 0 Å². The summed E-state index contributed by atoms with van der Waals surface area (Å²) in [5.74, 6) is 0.874. The second-order valence-electron chi connectivity index (χ2n) is 5.43. The highest BCUT2D eigenvalue weighted by molar-refractivity contribution is 5.65. The quantitative estimate of drug-likeness (QED) is 0.764. The largest absolute Gasteiger partial charge is 0.338 e. The summed E-state index contributed by atoms with van der Waals surface area (Å²) < 4.78 is 0. The number of rotatable bonds is 3. The molecule has 3 N–H and O–H groups in total. The summed E-state index contributed by atoms with van der Waals surface area (Å²) in [5.41, 5.74) is 12.6. The standard InChI is InChI=1S/C18H19N3/c1-12-6-13(2)8-16(7-12)17-11-20-18(21-17)15-5-3-4-14(9-15)10-19/h3-9,11H,10,19H2,1-2H3,(H,20,21). The normalized spacial score (nSPS) is 10.8. The summed E-state index contributed by atoms with van der Waals surface area (Å²) >= 11 is 0. The molecule has 0 aliphatic rings. The molecule has 1 heterocycles. The number of hydrogen-bond acceptors (Lipinski definition) is 2. The monoisotopic (exact) mass is 277 g/mol. The van der Waals surface area contributed by atoms with Crippen molar-refractivity contribution in [3.63, 3.8) is 0 Å². The number of aromatic amines is 1. The molecule has 3 aromatic rings. The van der Waals surface area contributed by atoms with Crippen LogP contribution in [-0.4, -0.2) is 9.97 Å². The van der Waals surface area contributed by atoms with Gasteiger partial charge in [0.05, 0.1) is 11.9 Å². The molecule has 3 rings (SSSR count). The fraction of sp³-hybridized carbons (Fsp3) is 0.167. The molecule has 3 nitrogen and oxygen atoms in total. The van der Waals surface area contributed by atoms with Gasteiger partial charge >= 0.3 is 0 Å². The van der Waals surface area contributed by atoms with Crippen molar-refractivity contribution in [2.75, 3.05) is 0 Å². The van der Waals surface area contributed by atoms with Crippen LogP contribution in [0, 0.1) is 13.8 Å². The molecule has 0 aliphatic carbocycles. The Labute approximate surface area is 124 Å². The van der Waals surface area contributed by atoms with Crippen LogP contribution < -0.4 is 5.73 Å². The maximum atomic E-state index is 5.70. The molecule has 0 unspecified atom stereocenters. The van der Waals surface area contributed by atoms with Crippen LogP contribution in [-0.2, 0) is 6.54 Å². The first kappa shape index (κ1) is 13.6. The molecule has 0 saturated carbocycles. The highest BCUT2D eigenvalue weighted by Gasteiger charge is 2.07. The van der Waals surface area contributed by atoms with Crippen molar-refractivity contribution in [3.8, 4) is 22.6 Å². The predicted octanol–water partition coefficient (Wildman–Crippen LogP) is 3.82. The van der Waals surface area contributed by atoms with Gasteiger partial charge in [0.25, 0.3) is 0 Å². The Balaban J connectivity index is 1.99. The lowest BCUT2D eigenvalue weighted by Gasteiger charge is -2.03. The summed E-state index contributed by atoms with van der Waals surface area (Å²) in [6.45, 7) is 4.76. The first-order valence-electron chi connectivity index (χ1n) is 7.09. The van der Waals surface area contributed by atoms with Gasteiger partial charge in [0.2, 0.25) is 0 Å². The second-order valence-corrected chi connectivity index (χ2v) is 5.43. The van der Waals surface area contributed by atoms with Crippen LogP contribution in [0.3, 0.4) is 0 Å². The van der Waals surface area contributed by atoms with E-state index in [1.54, 1.807) is 0 Å². The van der Waals surface area contributed by atoms with Gasteiger partial charge in [0, 0.05) is 17.7 Å². The van der Waals surface area contributed by atoms with E-state index in [0.717, 1.165) is 22.6 Å². The number of nitrogens with one attached hydrogen (secondary N) is 1. The minimum absolute atomic E-state index is 0.540. The van der Waals surface area contributed by atoms with Gasteiger partial charge in [-0.25, -0.2) is 4.98 Å². The molecular formula is C18H19N3. The maximum absolute atomic E-state index is 5.70. The summed E-state index contributed by atoms with van der Waals surface area (Å²) in [7, 11) is 0. The third kappa shape index (κ3) is 2.88. The van der Waals surface area contributed by atoms with Gasteiger partial charge in [-0.15, -0.1) is 0 Å². The number of aromatic nitrogens is 2. The highest BCUT2D eigenvalue weighted by Crippen LogP contribution is 2.24. The molecule has 0 fully saturated rings. The summed E-state index contributed by atoms with van der Waals surface area (Å²) in [5, 5.41) is 0. The Kier molecular flexibility index (Phi) is 3.59. The lowest BCUT2D eigenvalue weighted by atomic mass is 10.1. The molecule has 2 aromatic carbocycles. The van der Waals surface area contributed by atoms with Crippen molar-refractivity contribution >= 4 is 0 Å². The third-order valence-corrected chi connectivity index (χ3v) is 3.54. The second kappa shape index (κ2) is 5.54. The van der Waals surface area contributed by atoms with E-state index >= 15 is 0 Å². The Hall–Kier alpha value is -2.39. The molecule has 3 heteroatoms. The lowest BCUT2D eigenvalue weighted by molar-refractivity contribution is 1.07. The van der Waals surface area contributed by atoms with E-state index < -0.39 is 0 Å². The van der Waals surface area contributed by atoms with E-state index in [2.05, 4.69) is 48.1 Å². The zero-order valence-corrected chi connectivity index (χ0v) is 12.4. The summed E-state index contributed by atoms with van der Waals surface area (Å²) in [6, 6.07) is 14.7. The molecular weight excluding hydrogens is 258 g/mol. The number of hydrogen-bond donors (Lipinski definition) is 2. The molecule has 0 spiro atoms. The van der Waals surface area contributed by atoms with Gasteiger partial charge < -0.3 is 10.7 Å². The van der Waals surface area contributed by atoms with Crippen LogP contribution in [0.2, 0.25) is 0 Å². The average molecular weight is 277 g/mol. The molecule has 1 aromatic heterocycles. The van der Waals surface area contributed by atoms with Gasteiger partial charge in [0.1, 0.15) is 5.82 Å². The van der Waals surface area contributed by atoms with Crippen molar-refractivity contribution in [2.24, 2.45) is 5.73 Å². The Bertz CT molecular complexity index is 751. The smallest absolute Gasteiger partial charge is 0.137 e. The van der Waals surface area contributed by atoms with E-state index in [0.29, 0.717) is 6.54 Å². The molecule has 0 amide bonds. The first-order valence-corrected chi connectivity index (χ1v) is 7.09. The third-order valence-electron chi connectivity index (χ3n) is 3.54. The zero-order chi connectivity index (χ0) is 14.8. The van der Waals surface area contributed by atoms with Gasteiger partial charge in [-0.3, -0.25) is 0 Å². The topological polar surface area (TPSA) is 54.7 Å². The Morgan fingerprint density at radius 3 is 2.48 bits per heavy atom. The molecule has 0 bridgehead atoms. The predicted molar refractivity (Wildman–Crippen MR) is 86.8 cm³/mol. The average Bonchev–Trinajstić information content (AvgIpc) is 2.96. The van der Waals surface area contributed by atoms with Crippen molar-refractivity contribution < 1.29 is 0 Å². The molecule has 21 heavy (non-hydrogen) atoms. The van der Waals surface area contributed by atoms with Crippen molar-refractivity contribution in [3.05, 3.63) is 65.4 Å². The van der Waals surface area contributed by atoms with Crippen LogP contribution >= 0.6 is 0 Å². The molecule has 0 saturated heterocycles. The van der Waals surface area contributed by atoms with Gasteiger partial charge in [-0.2, -0.15) is 0 Å². The highest BCUT2D eigenvalue weighted by atomic mass is 14.9. The SMILES string of the molecule is Cc1cc(C)cc(-c2cnc(-c3cccc(CN)c3)[nH]2)c1. The van der Waals surface area contributed by atoms with Crippen LogP contribution in [0.15, 0.2) is 48.7 Å². The molecule has 0 radical (unpaired) electrons. The molecule has 106 valence electrons. The zero-order valence-electron chi connectivity index (χ0n) is 12.4. The van der Waals surface area contributed by atoms with E-state index in [1.165, 1.54) is 16.7 Å². The maximum Gasteiger partial charge on any atom is 0.137 e. The van der Waals surface area contributed by atoms with Crippen LogP contribution in [0.25, 0.3) is 22.6 Å². The van der Waals surface area contributed by atoms with E-state index in [9.17, 15) is 0 Å². The van der Waals surface area contributed by atoms with Crippen molar-refractivity contribution in [1.82, 2.24) is 9.97 Å². The number of nitrogens with zero attached hydrogens (tertiary/aromatic N) is 1. The van der Waals surface area contributed by atoms with E-state index in [4.69, 9.17) is 5.73 Å². The van der Waals surface area contributed by atoms with Crippen LogP contribution in [0.1, 0.15) is 16.7 Å². The van der Waals surface area contributed by atoms with E-state index in [-0.39, 0.29) is 0 Å². The number of imidazole rings is 1. The van der Waals surface area contributed by atoms with E-state index in [1.807, 2.05) is 24.4 Å². The fourth-order valence-corrected chi connectivity index (χ4v) is 2.59. The fourth-order valence-electron chi connectivity index (χ4n) is 2.59. The minimum atomic E-state index is 0.540. The molecule has 0 aliphatic heterocycles. The number of H-pyrrole nitrogens is 1. The van der Waals surface area contributed by atoms with Gasteiger partial charge in [-0.05, 0) is 37.6 Å². The van der Waals surface area contributed by atoms with Crippen molar-refractivity contribution in [1.29, 1.82) is 0 Å². The summed E-state index contributed by atoms with van der Waals surface area (Å²) in [6.07, 6.45) is 1.89. The summed E-state index contributed by atoms with van der Waals surface area (Å²) in [4.78, 5) is 7.90. The number of aryl methyl sites for hydroxylation is 2. The first-order chi connectivity index (χ1) is 10.2. The Morgan fingerprint density at radius 1 is 1.00 bits per heavy atom. The van der Waals surface area contributed by atoms with Crippen LogP contribution in [0.5, 0.6) is 0 Å². The number of nitrogens with two attached hydrogens (primary N) is 1. The number of benzene rings is 2. The lowest BCUT2D eigenvalue weighted by Crippen LogP contribution is -1.96. The minimum Gasteiger partial charge on any atom is -0.338 e. The van der Waals surface area contributed by atoms with Crippen LogP contribution in [0.4, 0.5) is 0 Å². The Morgan fingerprint density at radius 2 is 1.76 bits per heavy atom. The molecule has 0 atom stereocenters. The van der Waals surface area contributed by atoms with Gasteiger partial charge in [-0.1, -0.05) is 35.4 Å².